The molecule has 5 heteroatoms. The average molecular weight is 269 g/mol. The highest BCUT2D eigenvalue weighted by molar-refractivity contribution is 7.11. The highest BCUT2D eigenvalue weighted by atomic mass is 32.1. The minimum atomic E-state index is 0.488. The Kier molecular flexibility index (Phi) is 4.32. The molecule has 0 aliphatic heterocycles. The fourth-order valence-electron chi connectivity index (χ4n) is 2.89. The normalized spacial score (nSPS) is 24.2. The van der Waals surface area contributed by atoms with Gasteiger partial charge in [-0.1, -0.05) is 26.7 Å². The van der Waals surface area contributed by atoms with Crippen LogP contribution in [-0.2, 0) is 0 Å². The molecule has 2 unspecified atom stereocenters. The summed E-state index contributed by atoms with van der Waals surface area (Å²) >= 11 is 1.40. The summed E-state index contributed by atoms with van der Waals surface area (Å²) in [5, 5.41) is 4.58. The maximum Gasteiger partial charge on any atom is 0.197 e. The third kappa shape index (κ3) is 2.71. The lowest BCUT2D eigenvalue weighted by Crippen LogP contribution is -2.35. The zero-order valence-corrected chi connectivity index (χ0v) is 12.2. The molecule has 1 aliphatic carbocycles. The van der Waals surface area contributed by atoms with Gasteiger partial charge in [0.25, 0.3) is 0 Å². The van der Waals surface area contributed by atoms with E-state index in [1.165, 1.54) is 37.2 Å². The van der Waals surface area contributed by atoms with Crippen LogP contribution in [0.25, 0.3) is 0 Å². The summed E-state index contributed by atoms with van der Waals surface area (Å²) in [6.07, 6.45) is 5.19. The molecule has 18 heavy (non-hydrogen) atoms. The Hall–Kier alpha value is -0.970. The van der Waals surface area contributed by atoms with E-state index in [0.29, 0.717) is 23.5 Å². The van der Waals surface area contributed by atoms with Gasteiger partial charge in [0, 0.05) is 6.04 Å². The fraction of sp³-hybridized carbons (Fsp3) is 0.769. The number of hydrogen-bond acceptors (Lipinski definition) is 5. The summed E-state index contributed by atoms with van der Waals surface area (Å²) in [4.78, 5) is 0. The standard InChI is InChI=1S/C13H23N3OS/c1-8(2)9-6-4-5-7-10(9)15-13-11(17-3)12(14)16-18-13/h8-10,15H,4-7H2,1-3H3,(H2,14,16). The van der Waals surface area contributed by atoms with E-state index in [1.54, 1.807) is 7.11 Å². The number of ether oxygens (including phenoxy) is 1. The summed E-state index contributed by atoms with van der Waals surface area (Å²) in [6, 6.07) is 0.521. The zero-order valence-electron chi connectivity index (χ0n) is 11.4. The highest BCUT2D eigenvalue weighted by Crippen LogP contribution is 2.39. The van der Waals surface area contributed by atoms with Crippen molar-refractivity contribution in [3.05, 3.63) is 0 Å². The number of methoxy groups -OCH3 is 1. The first-order valence-corrected chi connectivity index (χ1v) is 7.46. The number of nitrogens with one attached hydrogen (secondary N) is 1. The second kappa shape index (κ2) is 5.78. The Morgan fingerprint density at radius 1 is 1.39 bits per heavy atom. The van der Waals surface area contributed by atoms with Crippen LogP contribution in [0.2, 0.25) is 0 Å². The summed E-state index contributed by atoms with van der Waals surface area (Å²) in [6.45, 7) is 4.62. The molecule has 3 N–H and O–H groups in total. The van der Waals surface area contributed by atoms with Crippen molar-refractivity contribution in [2.45, 2.75) is 45.6 Å². The quantitative estimate of drug-likeness (QED) is 0.880. The average Bonchev–Trinajstić information content (AvgIpc) is 2.70. The molecule has 4 nitrogen and oxygen atoms in total. The van der Waals surface area contributed by atoms with Crippen molar-refractivity contribution >= 4 is 22.4 Å². The molecular formula is C13H23N3OS. The summed E-state index contributed by atoms with van der Waals surface area (Å²) in [5.74, 6) is 2.63. The Balaban J connectivity index is 2.11. The summed E-state index contributed by atoms with van der Waals surface area (Å²) in [7, 11) is 1.64. The van der Waals surface area contributed by atoms with Gasteiger partial charge in [0.2, 0.25) is 0 Å². The van der Waals surface area contributed by atoms with Crippen LogP contribution in [0.4, 0.5) is 10.8 Å². The van der Waals surface area contributed by atoms with Crippen molar-refractivity contribution in [1.82, 2.24) is 4.37 Å². The Morgan fingerprint density at radius 2 is 2.11 bits per heavy atom. The number of nitrogens with two attached hydrogens (primary N) is 1. The monoisotopic (exact) mass is 269 g/mol. The Labute approximate surface area is 113 Å². The van der Waals surface area contributed by atoms with Gasteiger partial charge in [-0.25, -0.2) is 0 Å². The lowest BCUT2D eigenvalue weighted by atomic mass is 9.78. The molecule has 2 atom stereocenters. The lowest BCUT2D eigenvalue weighted by Gasteiger charge is -2.35. The molecular weight excluding hydrogens is 246 g/mol. The number of rotatable bonds is 4. The van der Waals surface area contributed by atoms with Crippen LogP contribution in [0.15, 0.2) is 0 Å². The number of anilines is 2. The van der Waals surface area contributed by atoms with Gasteiger partial charge in [-0.3, -0.25) is 0 Å². The molecule has 1 aliphatic rings. The SMILES string of the molecule is COc1c(N)nsc1NC1CCCCC1C(C)C. The van der Waals surface area contributed by atoms with Crippen molar-refractivity contribution in [1.29, 1.82) is 0 Å². The van der Waals surface area contributed by atoms with Crippen molar-refractivity contribution in [2.75, 3.05) is 18.2 Å². The number of nitrogen functional groups attached to an aromatic ring is 1. The van der Waals surface area contributed by atoms with Gasteiger partial charge in [0.05, 0.1) is 7.11 Å². The van der Waals surface area contributed by atoms with Gasteiger partial charge in [0.1, 0.15) is 0 Å². The number of hydrogen-bond donors (Lipinski definition) is 2. The molecule has 0 radical (unpaired) electrons. The van der Waals surface area contributed by atoms with E-state index in [0.717, 1.165) is 10.9 Å². The summed E-state index contributed by atoms with van der Waals surface area (Å²) in [5.41, 5.74) is 5.79. The fourth-order valence-corrected chi connectivity index (χ4v) is 3.64. The van der Waals surface area contributed by atoms with Crippen LogP contribution in [0, 0.1) is 11.8 Å². The predicted molar refractivity (Wildman–Crippen MR) is 77.3 cm³/mol. The maximum absolute atomic E-state index is 5.79. The molecule has 1 saturated carbocycles. The molecule has 0 amide bonds. The van der Waals surface area contributed by atoms with E-state index < -0.39 is 0 Å². The van der Waals surface area contributed by atoms with Gasteiger partial charge in [-0.05, 0) is 36.2 Å². The van der Waals surface area contributed by atoms with Gasteiger partial charge in [-0.2, -0.15) is 4.37 Å². The smallest absolute Gasteiger partial charge is 0.197 e. The van der Waals surface area contributed by atoms with Gasteiger partial charge < -0.3 is 15.8 Å². The molecule has 0 bridgehead atoms. The van der Waals surface area contributed by atoms with E-state index in [2.05, 4.69) is 23.5 Å². The zero-order chi connectivity index (χ0) is 13.1. The summed E-state index contributed by atoms with van der Waals surface area (Å²) < 4.78 is 9.47. The first-order chi connectivity index (χ1) is 8.63. The number of nitrogens with zero attached hydrogens (tertiary/aromatic N) is 1. The largest absolute Gasteiger partial charge is 0.490 e. The van der Waals surface area contributed by atoms with Crippen LogP contribution >= 0.6 is 11.5 Å². The van der Waals surface area contributed by atoms with Crippen LogP contribution in [0.1, 0.15) is 39.5 Å². The molecule has 0 saturated heterocycles. The predicted octanol–water partition coefficient (Wildman–Crippen LogP) is 3.36. The maximum atomic E-state index is 5.79. The third-order valence-electron chi connectivity index (χ3n) is 3.87. The van der Waals surface area contributed by atoms with Crippen LogP contribution in [-0.4, -0.2) is 17.5 Å². The van der Waals surface area contributed by atoms with E-state index in [-0.39, 0.29) is 0 Å². The second-order valence-corrected chi connectivity index (χ2v) is 6.15. The minimum absolute atomic E-state index is 0.488. The minimum Gasteiger partial charge on any atom is -0.490 e. The van der Waals surface area contributed by atoms with Crippen molar-refractivity contribution in [3.8, 4) is 5.75 Å². The Morgan fingerprint density at radius 3 is 2.78 bits per heavy atom. The molecule has 2 rings (SSSR count). The second-order valence-electron chi connectivity index (χ2n) is 5.37. The molecule has 1 heterocycles. The first-order valence-electron chi connectivity index (χ1n) is 6.69. The van der Waals surface area contributed by atoms with Gasteiger partial charge in [0.15, 0.2) is 16.6 Å². The molecule has 1 aromatic heterocycles. The van der Waals surface area contributed by atoms with Crippen molar-refractivity contribution in [3.63, 3.8) is 0 Å². The third-order valence-corrected chi connectivity index (χ3v) is 4.64. The molecule has 102 valence electrons. The number of aromatic nitrogens is 1. The van der Waals surface area contributed by atoms with E-state index in [9.17, 15) is 0 Å². The van der Waals surface area contributed by atoms with Crippen molar-refractivity contribution in [2.24, 2.45) is 11.8 Å². The van der Waals surface area contributed by atoms with Gasteiger partial charge >= 0.3 is 0 Å². The molecule has 0 aromatic carbocycles. The highest BCUT2D eigenvalue weighted by Gasteiger charge is 2.28. The van der Waals surface area contributed by atoms with E-state index in [4.69, 9.17) is 10.5 Å². The van der Waals surface area contributed by atoms with E-state index in [1.807, 2.05) is 0 Å². The van der Waals surface area contributed by atoms with E-state index >= 15 is 0 Å². The topological polar surface area (TPSA) is 60.2 Å². The first kappa shape index (κ1) is 13.5. The van der Waals surface area contributed by atoms with Gasteiger partial charge in [-0.15, -0.1) is 0 Å². The van der Waals surface area contributed by atoms with Crippen LogP contribution in [0.5, 0.6) is 5.75 Å². The van der Waals surface area contributed by atoms with Crippen molar-refractivity contribution < 1.29 is 4.74 Å². The van der Waals surface area contributed by atoms with Crippen LogP contribution < -0.4 is 15.8 Å². The molecule has 1 aromatic rings. The molecule has 0 spiro atoms. The van der Waals surface area contributed by atoms with Crippen LogP contribution in [0.3, 0.4) is 0 Å². The Bertz CT molecular complexity index is 392. The molecule has 1 fully saturated rings. The lowest BCUT2D eigenvalue weighted by molar-refractivity contribution is 0.253.